The van der Waals surface area contributed by atoms with Gasteiger partial charge in [-0.1, -0.05) is 6.07 Å². The van der Waals surface area contributed by atoms with Crippen molar-refractivity contribution in [3.05, 3.63) is 63.2 Å². The van der Waals surface area contributed by atoms with E-state index in [9.17, 15) is 14.9 Å². The number of aryl methyl sites for hydroxylation is 1. The summed E-state index contributed by atoms with van der Waals surface area (Å²) < 4.78 is 10.6. The van der Waals surface area contributed by atoms with Gasteiger partial charge >= 0.3 is 0 Å². The number of carbonyl (C=O) groups is 1. The molecule has 124 valence electrons. The zero-order valence-corrected chi connectivity index (χ0v) is 13.2. The Bertz CT molecular complexity index is 819. The van der Waals surface area contributed by atoms with Gasteiger partial charge in [0.2, 0.25) is 6.79 Å². The second-order valence-electron chi connectivity index (χ2n) is 5.57. The predicted octanol–water partition coefficient (Wildman–Crippen LogP) is 3.12. The van der Waals surface area contributed by atoms with E-state index in [4.69, 9.17) is 9.47 Å². The number of carbonyl (C=O) groups excluding carboxylic acids is 1. The summed E-state index contributed by atoms with van der Waals surface area (Å²) in [4.78, 5) is 22.7. The first-order valence-corrected chi connectivity index (χ1v) is 7.41. The molecule has 0 spiro atoms. The van der Waals surface area contributed by atoms with Gasteiger partial charge in [-0.3, -0.25) is 14.9 Å². The molecule has 0 saturated heterocycles. The number of ether oxygens (including phenoxy) is 2. The monoisotopic (exact) mass is 328 g/mol. The van der Waals surface area contributed by atoms with Crippen LogP contribution in [-0.2, 0) is 0 Å². The molecular weight excluding hydrogens is 312 g/mol. The van der Waals surface area contributed by atoms with Crippen LogP contribution < -0.4 is 14.8 Å². The number of benzene rings is 2. The van der Waals surface area contributed by atoms with Crippen LogP contribution in [0.5, 0.6) is 11.5 Å². The van der Waals surface area contributed by atoms with Crippen LogP contribution in [0.3, 0.4) is 0 Å². The van der Waals surface area contributed by atoms with E-state index in [-0.39, 0.29) is 24.4 Å². The van der Waals surface area contributed by atoms with E-state index < -0.39 is 4.92 Å². The van der Waals surface area contributed by atoms with Crippen molar-refractivity contribution in [2.24, 2.45) is 0 Å². The van der Waals surface area contributed by atoms with Crippen molar-refractivity contribution >= 4 is 11.6 Å². The average Bonchev–Trinajstić information content (AvgIpc) is 3.01. The Kier molecular flexibility index (Phi) is 4.07. The van der Waals surface area contributed by atoms with Crippen LogP contribution >= 0.6 is 0 Å². The molecule has 1 amide bonds. The minimum atomic E-state index is -0.466. The Hall–Kier alpha value is -3.09. The Morgan fingerprint density at radius 2 is 1.96 bits per heavy atom. The molecule has 3 rings (SSSR count). The largest absolute Gasteiger partial charge is 0.454 e. The number of nitrogens with one attached hydrogen (secondary N) is 1. The van der Waals surface area contributed by atoms with Crippen LogP contribution in [-0.4, -0.2) is 17.6 Å². The molecule has 0 radical (unpaired) electrons. The molecular formula is C17H16N2O5. The fourth-order valence-corrected chi connectivity index (χ4v) is 2.55. The van der Waals surface area contributed by atoms with E-state index in [1.54, 1.807) is 13.0 Å². The summed E-state index contributed by atoms with van der Waals surface area (Å²) in [6.07, 6.45) is 0. The zero-order chi connectivity index (χ0) is 17.3. The van der Waals surface area contributed by atoms with Crippen molar-refractivity contribution in [3.63, 3.8) is 0 Å². The number of hydrogen-bond acceptors (Lipinski definition) is 5. The minimum Gasteiger partial charge on any atom is -0.454 e. The Labute approximate surface area is 138 Å². The highest BCUT2D eigenvalue weighted by Gasteiger charge is 2.18. The lowest BCUT2D eigenvalue weighted by Gasteiger charge is -2.15. The van der Waals surface area contributed by atoms with Crippen LogP contribution in [0.1, 0.15) is 34.5 Å². The van der Waals surface area contributed by atoms with Crippen molar-refractivity contribution in [1.82, 2.24) is 5.32 Å². The topological polar surface area (TPSA) is 90.7 Å². The fraction of sp³-hybridized carbons (Fsp3) is 0.235. The lowest BCUT2D eigenvalue weighted by Crippen LogP contribution is -2.26. The van der Waals surface area contributed by atoms with Gasteiger partial charge in [-0.05, 0) is 43.7 Å². The number of rotatable bonds is 4. The van der Waals surface area contributed by atoms with Crippen molar-refractivity contribution in [1.29, 1.82) is 0 Å². The molecule has 2 aromatic rings. The summed E-state index contributed by atoms with van der Waals surface area (Å²) in [6, 6.07) is 9.55. The smallest absolute Gasteiger partial charge is 0.272 e. The van der Waals surface area contributed by atoms with Crippen molar-refractivity contribution < 1.29 is 19.2 Å². The summed E-state index contributed by atoms with van der Waals surface area (Å²) in [5.41, 5.74) is 1.70. The lowest BCUT2D eigenvalue weighted by atomic mass is 10.1. The number of nitro groups is 1. The third-order valence-corrected chi connectivity index (χ3v) is 3.90. The van der Waals surface area contributed by atoms with Gasteiger partial charge in [0.1, 0.15) is 0 Å². The van der Waals surface area contributed by atoms with Gasteiger partial charge in [-0.25, -0.2) is 0 Å². The number of hydrogen-bond donors (Lipinski definition) is 1. The van der Waals surface area contributed by atoms with Crippen LogP contribution in [0.4, 0.5) is 5.69 Å². The molecule has 0 aromatic heterocycles. The summed E-state index contributed by atoms with van der Waals surface area (Å²) in [5.74, 6) is 1.04. The molecule has 7 heteroatoms. The first-order chi connectivity index (χ1) is 11.5. The van der Waals surface area contributed by atoms with Gasteiger partial charge in [-0.15, -0.1) is 0 Å². The molecule has 0 saturated carbocycles. The maximum Gasteiger partial charge on any atom is 0.272 e. The maximum absolute atomic E-state index is 12.4. The summed E-state index contributed by atoms with van der Waals surface area (Å²) in [6.45, 7) is 3.66. The minimum absolute atomic E-state index is 0.00429. The zero-order valence-electron chi connectivity index (χ0n) is 13.2. The van der Waals surface area contributed by atoms with Gasteiger partial charge in [0.25, 0.3) is 11.6 Å². The molecule has 1 N–H and O–H groups in total. The molecule has 1 heterocycles. The first kappa shape index (κ1) is 15.8. The molecule has 1 aliphatic heterocycles. The number of amides is 1. The number of nitro benzene ring substituents is 1. The van der Waals surface area contributed by atoms with E-state index in [0.29, 0.717) is 22.6 Å². The number of fused-ring (bicyclic) bond motifs is 1. The normalized spacial score (nSPS) is 13.4. The Balaban J connectivity index is 1.74. The van der Waals surface area contributed by atoms with Crippen molar-refractivity contribution in [3.8, 4) is 11.5 Å². The molecule has 0 aliphatic carbocycles. The van der Waals surface area contributed by atoms with Crippen LogP contribution in [0, 0.1) is 17.0 Å². The maximum atomic E-state index is 12.4. The summed E-state index contributed by atoms with van der Waals surface area (Å²) in [7, 11) is 0. The molecule has 1 unspecified atom stereocenters. The van der Waals surface area contributed by atoms with E-state index in [0.717, 1.165) is 5.56 Å². The highest BCUT2D eigenvalue weighted by Crippen LogP contribution is 2.34. The van der Waals surface area contributed by atoms with E-state index in [1.165, 1.54) is 18.2 Å². The highest BCUT2D eigenvalue weighted by atomic mass is 16.7. The second kappa shape index (κ2) is 6.19. The summed E-state index contributed by atoms with van der Waals surface area (Å²) >= 11 is 0. The third kappa shape index (κ3) is 3.01. The van der Waals surface area contributed by atoms with Gasteiger partial charge in [-0.2, -0.15) is 0 Å². The second-order valence-corrected chi connectivity index (χ2v) is 5.57. The van der Waals surface area contributed by atoms with E-state index in [1.807, 2.05) is 19.1 Å². The first-order valence-electron chi connectivity index (χ1n) is 7.41. The molecule has 1 atom stereocenters. The molecule has 0 bridgehead atoms. The lowest BCUT2D eigenvalue weighted by molar-refractivity contribution is -0.385. The van der Waals surface area contributed by atoms with Gasteiger partial charge in [0.15, 0.2) is 11.5 Å². The average molecular weight is 328 g/mol. The third-order valence-electron chi connectivity index (χ3n) is 3.90. The quantitative estimate of drug-likeness (QED) is 0.688. The molecule has 24 heavy (non-hydrogen) atoms. The van der Waals surface area contributed by atoms with Crippen LogP contribution in [0.2, 0.25) is 0 Å². The van der Waals surface area contributed by atoms with Gasteiger partial charge in [0, 0.05) is 17.2 Å². The van der Waals surface area contributed by atoms with E-state index >= 15 is 0 Å². The van der Waals surface area contributed by atoms with Crippen molar-refractivity contribution in [2.75, 3.05) is 6.79 Å². The van der Waals surface area contributed by atoms with E-state index in [2.05, 4.69) is 5.32 Å². The van der Waals surface area contributed by atoms with Crippen LogP contribution in [0.15, 0.2) is 36.4 Å². The van der Waals surface area contributed by atoms with Gasteiger partial charge < -0.3 is 14.8 Å². The Morgan fingerprint density at radius 1 is 1.21 bits per heavy atom. The molecule has 7 nitrogen and oxygen atoms in total. The van der Waals surface area contributed by atoms with Crippen LogP contribution in [0.25, 0.3) is 0 Å². The van der Waals surface area contributed by atoms with Gasteiger partial charge in [0.05, 0.1) is 11.0 Å². The molecule has 1 aliphatic rings. The molecule has 0 fully saturated rings. The number of nitrogens with zero attached hydrogens (tertiary/aromatic N) is 1. The highest BCUT2D eigenvalue weighted by molar-refractivity contribution is 5.95. The Morgan fingerprint density at radius 3 is 2.67 bits per heavy atom. The SMILES string of the molecule is Cc1cc(C(=O)NC(C)c2ccc3c(c2)OCO3)ccc1[N+](=O)[O-]. The predicted molar refractivity (Wildman–Crippen MR) is 86.3 cm³/mol. The summed E-state index contributed by atoms with van der Waals surface area (Å²) in [5, 5.41) is 13.7. The standard InChI is InChI=1S/C17H16N2O5/c1-10-7-13(3-5-14(10)19(21)22)17(20)18-11(2)12-4-6-15-16(8-12)24-9-23-15/h3-8,11H,9H2,1-2H3,(H,18,20). The fourth-order valence-electron chi connectivity index (χ4n) is 2.55. The van der Waals surface area contributed by atoms with Crippen molar-refractivity contribution in [2.45, 2.75) is 19.9 Å². The molecule has 2 aromatic carbocycles.